The first-order chi connectivity index (χ1) is 10.2. The molecule has 0 aliphatic rings. The highest BCUT2D eigenvalue weighted by atomic mass is 32.1. The molecule has 1 N–H and O–H groups in total. The topological polar surface area (TPSA) is 53.7 Å². The summed E-state index contributed by atoms with van der Waals surface area (Å²) in [7, 11) is 3.85. The maximum atomic E-state index is 5.32. The summed E-state index contributed by atoms with van der Waals surface area (Å²) in [6.45, 7) is 3.79. The molecule has 0 saturated carbocycles. The van der Waals surface area contributed by atoms with Crippen molar-refractivity contribution in [2.75, 3.05) is 27.2 Å². The van der Waals surface area contributed by atoms with Crippen LogP contribution in [0.4, 0.5) is 0 Å². The van der Waals surface area contributed by atoms with Gasteiger partial charge in [0.25, 0.3) is 0 Å². The van der Waals surface area contributed by atoms with Crippen LogP contribution in [-0.2, 0) is 12.8 Å². The van der Waals surface area contributed by atoms with E-state index in [9.17, 15) is 0 Å². The smallest absolute Gasteiger partial charge is 0.193 e. The summed E-state index contributed by atoms with van der Waals surface area (Å²) < 4.78 is 5.32. The van der Waals surface area contributed by atoms with Gasteiger partial charge in [0.1, 0.15) is 5.76 Å². The van der Waals surface area contributed by atoms with Crippen molar-refractivity contribution in [2.45, 2.75) is 19.8 Å². The number of hydrogen-bond acceptors (Lipinski definition) is 4. The summed E-state index contributed by atoms with van der Waals surface area (Å²) in [6.07, 6.45) is 5.42. The Balaban J connectivity index is 1.74. The quantitative estimate of drug-likeness (QED) is 0.657. The van der Waals surface area contributed by atoms with E-state index in [0.29, 0.717) is 0 Å². The molecule has 2 aromatic rings. The van der Waals surface area contributed by atoms with Gasteiger partial charge in [-0.3, -0.25) is 4.99 Å². The van der Waals surface area contributed by atoms with Gasteiger partial charge in [-0.05, 0) is 19.1 Å². The van der Waals surface area contributed by atoms with Crippen molar-refractivity contribution in [1.82, 2.24) is 15.2 Å². The Morgan fingerprint density at radius 3 is 2.95 bits per heavy atom. The fourth-order valence-electron chi connectivity index (χ4n) is 2.02. The molecule has 0 unspecified atom stereocenters. The number of likely N-dealkylation sites (N-methyl/N-ethyl adjacent to an activating group) is 1. The van der Waals surface area contributed by atoms with Crippen molar-refractivity contribution in [3.63, 3.8) is 0 Å². The largest absolute Gasteiger partial charge is 0.469 e. The van der Waals surface area contributed by atoms with E-state index in [1.807, 2.05) is 25.4 Å². The van der Waals surface area contributed by atoms with Gasteiger partial charge in [0.15, 0.2) is 5.96 Å². The van der Waals surface area contributed by atoms with Gasteiger partial charge >= 0.3 is 0 Å². The fourth-order valence-corrected chi connectivity index (χ4v) is 2.80. The maximum Gasteiger partial charge on any atom is 0.193 e. The molecule has 0 aliphatic heterocycles. The van der Waals surface area contributed by atoms with E-state index in [1.54, 1.807) is 24.6 Å². The minimum Gasteiger partial charge on any atom is -0.469 e. The minimum absolute atomic E-state index is 0.806. The van der Waals surface area contributed by atoms with E-state index in [4.69, 9.17) is 4.42 Å². The lowest BCUT2D eigenvalue weighted by Gasteiger charge is -2.21. The number of nitrogens with zero attached hydrogens (tertiary/aromatic N) is 3. The molecule has 2 heterocycles. The molecule has 0 radical (unpaired) electrons. The number of aliphatic imine (C=N–C) groups is 1. The molecule has 0 aromatic carbocycles. The van der Waals surface area contributed by atoms with Gasteiger partial charge in [0.05, 0.1) is 11.3 Å². The molecular weight excluding hydrogens is 284 g/mol. The van der Waals surface area contributed by atoms with Crippen LogP contribution in [0.3, 0.4) is 0 Å². The summed E-state index contributed by atoms with van der Waals surface area (Å²) in [4.78, 5) is 12.1. The Kier molecular flexibility index (Phi) is 5.80. The average molecular weight is 306 g/mol. The summed E-state index contributed by atoms with van der Waals surface area (Å²) in [5, 5.41) is 4.52. The summed E-state index contributed by atoms with van der Waals surface area (Å²) in [6, 6.07) is 3.89. The SMILES string of the molecule is CN=C(NCCc1ccco1)N(C)CCc1ncc(C)s1. The Hall–Kier alpha value is -1.82. The van der Waals surface area contributed by atoms with Crippen LogP contribution in [0, 0.1) is 6.92 Å². The molecule has 6 heteroatoms. The van der Waals surface area contributed by atoms with E-state index in [1.165, 1.54) is 9.88 Å². The molecule has 0 bridgehead atoms. The average Bonchev–Trinajstić information content (AvgIpc) is 3.12. The molecule has 0 aliphatic carbocycles. The molecule has 0 amide bonds. The van der Waals surface area contributed by atoms with Crippen LogP contribution in [0.15, 0.2) is 34.0 Å². The van der Waals surface area contributed by atoms with Crippen molar-refractivity contribution in [2.24, 2.45) is 4.99 Å². The summed E-state index contributed by atoms with van der Waals surface area (Å²) in [5.74, 6) is 1.88. The summed E-state index contributed by atoms with van der Waals surface area (Å²) >= 11 is 1.75. The fraction of sp³-hybridized carbons (Fsp3) is 0.467. The first kappa shape index (κ1) is 15.6. The highest BCUT2D eigenvalue weighted by molar-refractivity contribution is 7.11. The second kappa shape index (κ2) is 7.83. The molecule has 114 valence electrons. The Bertz CT molecular complexity index is 562. The monoisotopic (exact) mass is 306 g/mol. The maximum absolute atomic E-state index is 5.32. The number of rotatable bonds is 6. The Labute approximate surface area is 129 Å². The van der Waals surface area contributed by atoms with Gasteiger partial charge in [0, 0.05) is 51.1 Å². The van der Waals surface area contributed by atoms with Crippen LogP contribution < -0.4 is 5.32 Å². The van der Waals surface area contributed by atoms with Gasteiger partial charge < -0.3 is 14.6 Å². The van der Waals surface area contributed by atoms with E-state index < -0.39 is 0 Å². The third-order valence-corrected chi connectivity index (χ3v) is 4.11. The molecular formula is C15H22N4OS. The van der Waals surface area contributed by atoms with Crippen LogP contribution in [0.2, 0.25) is 0 Å². The van der Waals surface area contributed by atoms with Gasteiger partial charge in [-0.15, -0.1) is 11.3 Å². The second-order valence-corrected chi connectivity index (χ2v) is 6.16. The highest BCUT2D eigenvalue weighted by Gasteiger charge is 2.07. The van der Waals surface area contributed by atoms with Crippen LogP contribution in [-0.4, -0.2) is 43.0 Å². The lowest BCUT2D eigenvalue weighted by Crippen LogP contribution is -2.40. The van der Waals surface area contributed by atoms with Gasteiger partial charge in [-0.1, -0.05) is 0 Å². The molecule has 2 aromatic heterocycles. The van der Waals surface area contributed by atoms with Crippen LogP contribution >= 0.6 is 11.3 Å². The van der Waals surface area contributed by atoms with Gasteiger partial charge in [0.2, 0.25) is 0 Å². The number of guanidine groups is 1. The first-order valence-corrected chi connectivity index (χ1v) is 7.86. The van der Waals surface area contributed by atoms with Crippen molar-refractivity contribution >= 4 is 17.3 Å². The number of aromatic nitrogens is 1. The molecule has 0 spiro atoms. The predicted molar refractivity (Wildman–Crippen MR) is 87.0 cm³/mol. The van der Waals surface area contributed by atoms with Crippen molar-refractivity contribution < 1.29 is 4.42 Å². The van der Waals surface area contributed by atoms with E-state index in [-0.39, 0.29) is 0 Å². The Morgan fingerprint density at radius 1 is 1.48 bits per heavy atom. The predicted octanol–water partition coefficient (Wildman–Crippen LogP) is 2.34. The summed E-state index contributed by atoms with van der Waals surface area (Å²) in [5.41, 5.74) is 0. The van der Waals surface area contributed by atoms with Crippen molar-refractivity contribution in [3.05, 3.63) is 40.2 Å². The van der Waals surface area contributed by atoms with Crippen LogP contribution in [0.25, 0.3) is 0 Å². The second-order valence-electron chi connectivity index (χ2n) is 4.84. The Morgan fingerprint density at radius 2 is 2.33 bits per heavy atom. The third-order valence-electron chi connectivity index (χ3n) is 3.14. The lowest BCUT2D eigenvalue weighted by molar-refractivity contribution is 0.476. The number of furan rings is 1. The van der Waals surface area contributed by atoms with Crippen LogP contribution in [0.1, 0.15) is 15.6 Å². The molecule has 21 heavy (non-hydrogen) atoms. The normalized spacial score (nSPS) is 11.7. The zero-order valence-electron chi connectivity index (χ0n) is 12.8. The highest BCUT2D eigenvalue weighted by Crippen LogP contribution is 2.11. The molecule has 2 rings (SSSR count). The minimum atomic E-state index is 0.806. The molecule has 5 nitrogen and oxygen atoms in total. The number of hydrogen-bond donors (Lipinski definition) is 1. The zero-order valence-corrected chi connectivity index (χ0v) is 13.6. The van der Waals surface area contributed by atoms with Gasteiger partial charge in [-0.2, -0.15) is 0 Å². The van der Waals surface area contributed by atoms with Crippen molar-refractivity contribution in [1.29, 1.82) is 0 Å². The number of nitrogens with one attached hydrogen (secondary N) is 1. The van der Waals surface area contributed by atoms with Gasteiger partial charge in [-0.25, -0.2) is 4.98 Å². The lowest BCUT2D eigenvalue weighted by atomic mass is 10.3. The van der Waals surface area contributed by atoms with E-state index >= 15 is 0 Å². The van der Waals surface area contributed by atoms with Crippen molar-refractivity contribution in [3.8, 4) is 0 Å². The molecule has 0 fully saturated rings. The zero-order chi connectivity index (χ0) is 15.1. The first-order valence-electron chi connectivity index (χ1n) is 7.04. The molecule has 0 atom stereocenters. The van der Waals surface area contributed by atoms with E-state index in [0.717, 1.165) is 37.7 Å². The van der Waals surface area contributed by atoms with E-state index in [2.05, 4.69) is 27.1 Å². The molecule has 0 saturated heterocycles. The number of aryl methyl sites for hydroxylation is 1. The number of thiazole rings is 1. The van der Waals surface area contributed by atoms with Crippen LogP contribution in [0.5, 0.6) is 0 Å². The third kappa shape index (κ3) is 4.90. The standard InChI is InChI=1S/C15H22N4OS/c1-12-11-18-14(21-12)7-9-19(3)15(16-2)17-8-6-13-5-4-10-20-13/h4-5,10-11H,6-9H2,1-3H3,(H,16,17).